The van der Waals surface area contributed by atoms with Crippen molar-refractivity contribution in [1.82, 2.24) is 9.78 Å². The molecule has 0 bridgehead atoms. The van der Waals surface area contributed by atoms with E-state index in [2.05, 4.69) is 5.10 Å². The Balaban J connectivity index is 2.25. The molecule has 0 amide bonds. The summed E-state index contributed by atoms with van der Waals surface area (Å²) in [5.41, 5.74) is 8.51. The van der Waals surface area contributed by atoms with Crippen LogP contribution in [0.2, 0.25) is 0 Å². The molecule has 96 valence electrons. The molecule has 0 spiro atoms. The summed E-state index contributed by atoms with van der Waals surface area (Å²) in [5.74, 6) is -0.201. The van der Waals surface area contributed by atoms with Crippen molar-refractivity contribution in [2.75, 3.05) is 6.54 Å². The van der Waals surface area contributed by atoms with Crippen molar-refractivity contribution in [3.63, 3.8) is 0 Å². The summed E-state index contributed by atoms with van der Waals surface area (Å²) in [6.45, 7) is 2.37. The third-order valence-electron chi connectivity index (χ3n) is 3.18. The Morgan fingerprint density at radius 2 is 2.11 bits per heavy atom. The van der Waals surface area contributed by atoms with Crippen LogP contribution >= 0.6 is 0 Å². The van der Waals surface area contributed by atoms with Gasteiger partial charge in [-0.2, -0.15) is 5.10 Å². The number of rotatable bonds is 4. The van der Waals surface area contributed by atoms with Gasteiger partial charge in [0.2, 0.25) is 0 Å². The van der Waals surface area contributed by atoms with Crippen LogP contribution in [0.1, 0.15) is 22.9 Å². The van der Waals surface area contributed by atoms with Crippen LogP contribution in [0.5, 0.6) is 0 Å². The molecule has 0 aliphatic carbocycles. The maximum absolute atomic E-state index is 13.8. The molecule has 1 aromatic heterocycles. The molecule has 0 saturated carbocycles. The highest BCUT2D eigenvalue weighted by molar-refractivity contribution is 5.24. The summed E-state index contributed by atoms with van der Waals surface area (Å²) in [7, 11) is 1.90. The SMILES string of the molecule is Cc1cc(CC(CN)c2ccccc2F)n(C)n1. The zero-order valence-electron chi connectivity index (χ0n) is 10.7. The second-order valence-electron chi connectivity index (χ2n) is 4.56. The van der Waals surface area contributed by atoms with Crippen LogP contribution in [0.4, 0.5) is 4.39 Å². The van der Waals surface area contributed by atoms with E-state index in [0.717, 1.165) is 11.4 Å². The summed E-state index contributed by atoms with van der Waals surface area (Å²) >= 11 is 0. The van der Waals surface area contributed by atoms with Crippen molar-refractivity contribution in [3.05, 3.63) is 53.1 Å². The number of benzene rings is 1. The van der Waals surface area contributed by atoms with Gasteiger partial charge in [-0.3, -0.25) is 4.68 Å². The largest absolute Gasteiger partial charge is 0.330 e. The molecule has 0 fully saturated rings. The Labute approximate surface area is 106 Å². The quantitative estimate of drug-likeness (QED) is 0.899. The van der Waals surface area contributed by atoms with Crippen molar-refractivity contribution < 1.29 is 4.39 Å². The second kappa shape index (κ2) is 5.31. The zero-order valence-corrected chi connectivity index (χ0v) is 10.7. The fraction of sp³-hybridized carbons (Fsp3) is 0.357. The van der Waals surface area contributed by atoms with Gasteiger partial charge in [0.05, 0.1) is 5.69 Å². The molecular weight excluding hydrogens is 229 g/mol. The van der Waals surface area contributed by atoms with Crippen molar-refractivity contribution in [2.45, 2.75) is 19.3 Å². The molecule has 2 N–H and O–H groups in total. The topological polar surface area (TPSA) is 43.8 Å². The van der Waals surface area contributed by atoms with Gasteiger partial charge < -0.3 is 5.73 Å². The third kappa shape index (κ3) is 2.59. The van der Waals surface area contributed by atoms with Crippen LogP contribution in [-0.4, -0.2) is 16.3 Å². The number of nitrogens with zero attached hydrogens (tertiary/aromatic N) is 2. The van der Waals surface area contributed by atoms with Gasteiger partial charge in [0.1, 0.15) is 5.82 Å². The van der Waals surface area contributed by atoms with Crippen LogP contribution in [0, 0.1) is 12.7 Å². The first-order valence-electron chi connectivity index (χ1n) is 6.06. The first-order chi connectivity index (χ1) is 8.61. The van der Waals surface area contributed by atoms with Crippen LogP contribution in [0.25, 0.3) is 0 Å². The molecule has 3 nitrogen and oxygen atoms in total. The van der Waals surface area contributed by atoms with Crippen LogP contribution in [-0.2, 0) is 13.5 Å². The summed E-state index contributed by atoms with van der Waals surface area (Å²) in [4.78, 5) is 0. The van der Waals surface area contributed by atoms with E-state index in [9.17, 15) is 4.39 Å². The van der Waals surface area contributed by atoms with Crippen LogP contribution in [0.15, 0.2) is 30.3 Å². The second-order valence-corrected chi connectivity index (χ2v) is 4.56. The van der Waals surface area contributed by atoms with Crippen molar-refractivity contribution in [1.29, 1.82) is 0 Å². The third-order valence-corrected chi connectivity index (χ3v) is 3.18. The van der Waals surface area contributed by atoms with Crippen molar-refractivity contribution >= 4 is 0 Å². The van der Waals surface area contributed by atoms with E-state index >= 15 is 0 Å². The van der Waals surface area contributed by atoms with E-state index in [1.54, 1.807) is 12.1 Å². The van der Waals surface area contributed by atoms with Gasteiger partial charge in [0.15, 0.2) is 0 Å². The number of halogens is 1. The highest BCUT2D eigenvalue weighted by Crippen LogP contribution is 2.22. The van der Waals surface area contributed by atoms with Gasteiger partial charge in [-0.25, -0.2) is 4.39 Å². The Morgan fingerprint density at radius 3 is 2.67 bits per heavy atom. The van der Waals surface area contributed by atoms with Gasteiger partial charge in [0, 0.05) is 18.7 Å². The average Bonchev–Trinajstić information content (AvgIpc) is 2.66. The molecule has 1 aromatic carbocycles. The van der Waals surface area contributed by atoms with Gasteiger partial charge in [-0.05, 0) is 37.6 Å². The molecule has 1 atom stereocenters. The summed E-state index contributed by atoms with van der Waals surface area (Å²) in [6.07, 6.45) is 0.703. The van der Waals surface area contributed by atoms with Crippen LogP contribution < -0.4 is 5.73 Å². The summed E-state index contributed by atoms with van der Waals surface area (Å²) < 4.78 is 15.6. The molecule has 2 rings (SSSR count). The van der Waals surface area contributed by atoms with E-state index in [0.29, 0.717) is 18.5 Å². The number of hydrogen-bond acceptors (Lipinski definition) is 2. The van der Waals surface area contributed by atoms with E-state index < -0.39 is 0 Å². The Kier molecular flexibility index (Phi) is 3.77. The predicted octanol–water partition coefficient (Wildman–Crippen LogP) is 2.15. The monoisotopic (exact) mass is 247 g/mol. The van der Waals surface area contributed by atoms with Crippen LogP contribution in [0.3, 0.4) is 0 Å². The highest BCUT2D eigenvalue weighted by Gasteiger charge is 2.16. The molecular formula is C14H18FN3. The molecule has 0 saturated heterocycles. The first-order valence-corrected chi connectivity index (χ1v) is 6.06. The fourth-order valence-electron chi connectivity index (χ4n) is 2.23. The molecule has 0 radical (unpaired) electrons. The molecule has 0 aliphatic heterocycles. The summed E-state index contributed by atoms with van der Waals surface area (Å²) in [6, 6.07) is 8.84. The minimum absolute atomic E-state index is 0.0130. The van der Waals surface area contributed by atoms with E-state index in [-0.39, 0.29) is 11.7 Å². The van der Waals surface area contributed by atoms with Crippen molar-refractivity contribution in [3.8, 4) is 0 Å². The van der Waals surface area contributed by atoms with E-state index in [1.165, 1.54) is 6.07 Å². The predicted molar refractivity (Wildman–Crippen MR) is 69.8 cm³/mol. The summed E-state index contributed by atoms with van der Waals surface area (Å²) in [5, 5.41) is 4.30. The first kappa shape index (κ1) is 12.8. The van der Waals surface area contributed by atoms with Gasteiger partial charge in [-0.15, -0.1) is 0 Å². The number of aromatic nitrogens is 2. The average molecular weight is 247 g/mol. The number of aryl methyl sites for hydroxylation is 2. The standard InChI is InChI=1S/C14H18FN3/c1-10-7-12(18(2)17-10)8-11(9-16)13-5-3-4-6-14(13)15/h3-7,11H,8-9,16H2,1-2H3. The minimum atomic E-state index is -0.188. The van der Waals surface area contributed by atoms with Gasteiger partial charge in [-0.1, -0.05) is 18.2 Å². The minimum Gasteiger partial charge on any atom is -0.330 e. The molecule has 2 aromatic rings. The van der Waals surface area contributed by atoms with E-state index in [1.807, 2.05) is 30.8 Å². The fourth-order valence-corrected chi connectivity index (χ4v) is 2.23. The van der Waals surface area contributed by atoms with Gasteiger partial charge in [0.25, 0.3) is 0 Å². The van der Waals surface area contributed by atoms with E-state index in [4.69, 9.17) is 5.73 Å². The molecule has 18 heavy (non-hydrogen) atoms. The lowest BCUT2D eigenvalue weighted by atomic mass is 9.94. The Morgan fingerprint density at radius 1 is 1.39 bits per heavy atom. The Hall–Kier alpha value is -1.68. The lowest BCUT2D eigenvalue weighted by molar-refractivity contribution is 0.564. The number of nitrogens with two attached hydrogens (primary N) is 1. The van der Waals surface area contributed by atoms with Gasteiger partial charge >= 0.3 is 0 Å². The maximum atomic E-state index is 13.8. The smallest absolute Gasteiger partial charge is 0.126 e. The molecule has 1 heterocycles. The maximum Gasteiger partial charge on any atom is 0.126 e. The molecule has 1 unspecified atom stereocenters. The normalized spacial score (nSPS) is 12.7. The lowest BCUT2D eigenvalue weighted by Crippen LogP contribution is -2.17. The Bertz CT molecular complexity index is 534. The molecule has 0 aliphatic rings. The molecule has 4 heteroatoms. The zero-order chi connectivity index (χ0) is 13.1. The highest BCUT2D eigenvalue weighted by atomic mass is 19.1. The lowest BCUT2D eigenvalue weighted by Gasteiger charge is -2.15. The number of hydrogen-bond donors (Lipinski definition) is 1. The van der Waals surface area contributed by atoms with Crippen molar-refractivity contribution in [2.24, 2.45) is 12.8 Å².